The molecule has 72 valence electrons. The largest absolute Gasteiger partial charge is 0.357 e. The molecule has 0 spiro atoms. The second-order valence-electron chi connectivity index (χ2n) is 2.86. The minimum absolute atomic E-state index is 0.505. The number of anilines is 1. The molecule has 0 aromatic carbocycles. The van der Waals surface area contributed by atoms with Crippen LogP contribution in [0.15, 0.2) is 6.07 Å². The van der Waals surface area contributed by atoms with E-state index in [2.05, 4.69) is 22.2 Å². The second kappa shape index (κ2) is 5.02. The second-order valence-corrected chi connectivity index (χ2v) is 3.25. The Kier molecular flexibility index (Phi) is 3.96. The van der Waals surface area contributed by atoms with Gasteiger partial charge < -0.3 is 5.32 Å². The lowest BCUT2D eigenvalue weighted by Crippen LogP contribution is -2.00. The number of hydrogen-bond acceptors (Lipinski definition) is 3. The third kappa shape index (κ3) is 3.19. The topological polar surface area (TPSA) is 37.8 Å². The smallest absolute Gasteiger partial charge is 0.224 e. The lowest BCUT2D eigenvalue weighted by atomic mass is 10.2. The molecule has 1 rings (SSSR count). The third-order valence-corrected chi connectivity index (χ3v) is 1.95. The Balaban J connectivity index is 2.76. The first-order chi connectivity index (χ1) is 6.26. The zero-order chi connectivity index (χ0) is 9.68. The van der Waals surface area contributed by atoms with Gasteiger partial charge in [0, 0.05) is 12.7 Å². The van der Waals surface area contributed by atoms with Gasteiger partial charge in [0.15, 0.2) is 0 Å². The monoisotopic (exact) mass is 199 g/mol. The lowest BCUT2D eigenvalue weighted by molar-refractivity contribution is 0.774. The van der Waals surface area contributed by atoms with Gasteiger partial charge in [-0.25, -0.2) is 9.97 Å². The summed E-state index contributed by atoms with van der Waals surface area (Å²) in [6, 6.07) is 1.82. The molecule has 0 bridgehead atoms. The van der Waals surface area contributed by atoms with Gasteiger partial charge in [0.05, 0.1) is 0 Å². The van der Waals surface area contributed by atoms with Crippen LogP contribution in [0.1, 0.15) is 25.5 Å². The molecule has 0 saturated carbocycles. The molecular formula is C9H14ClN3. The van der Waals surface area contributed by atoms with Gasteiger partial charge in [0.25, 0.3) is 0 Å². The fourth-order valence-corrected chi connectivity index (χ4v) is 1.27. The van der Waals surface area contributed by atoms with Crippen molar-refractivity contribution >= 4 is 17.5 Å². The Morgan fingerprint density at radius 1 is 1.46 bits per heavy atom. The van der Waals surface area contributed by atoms with Gasteiger partial charge in [0.1, 0.15) is 5.15 Å². The first-order valence-electron chi connectivity index (χ1n) is 4.47. The summed E-state index contributed by atoms with van der Waals surface area (Å²) >= 11 is 5.82. The summed E-state index contributed by atoms with van der Waals surface area (Å²) in [5, 5.41) is 3.38. The third-order valence-electron chi connectivity index (χ3n) is 1.76. The molecule has 4 heteroatoms. The molecule has 0 unspecified atom stereocenters. The lowest BCUT2D eigenvalue weighted by Gasteiger charge is -2.03. The highest BCUT2D eigenvalue weighted by atomic mass is 35.5. The van der Waals surface area contributed by atoms with Gasteiger partial charge in [-0.3, -0.25) is 0 Å². The molecule has 13 heavy (non-hydrogen) atoms. The summed E-state index contributed by atoms with van der Waals surface area (Å²) in [6.07, 6.45) is 3.26. The molecule has 1 N–H and O–H groups in total. The SMILES string of the molecule is CCCCc1cc(Cl)nc(NC)n1. The fourth-order valence-electron chi connectivity index (χ4n) is 1.06. The van der Waals surface area contributed by atoms with Crippen LogP contribution in [0.5, 0.6) is 0 Å². The summed E-state index contributed by atoms with van der Waals surface area (Å²) in [5.41, 5.74) is 1.01. The average Bonchev–Trinajstić information content (AvgIpc) is 2.14. The highest BCUT2D eigenvalue weighted by Gasteiger charge is 2.00. The van der Waals surface area contributed by atoms with E-state index in [0.717, 1.165) is 25.0 Å². The first kappa shape index (κ1) is 10.3. The number of rotatable bonds is 4. The van der Waals surface area contributed by atoms with E-state index in [1.165, 1.54) is 0 Å². The number of nitrogens with one attached hydrogen (secondary N) is 1. The van der Waals surface area contributed by atoms with E-state index in [1.54, 1.807) is 7.05 Å². The zero-order valence-corrected chi connectivity index (χ0v) is 8.73. The molecule has 0 aliphatic rings. The highest BCUT2D eigenvalue weighted by molar-refractivity contribution is 6.29. The van der Waals surface area contributed by atoms with Crippen molar-refractivity contribution in [3.05, 3.63) is 16.9 Å². The molecule has 1 aromatic heterocycles. The van der Waals surface area contributed by atoms with Crippen molar-refractivity contribution in [1.29, 1.82) is 0 Å². The van der Waals surface area contributed by atoms with Gasteiger partial charge in [-0.15, -0.1) is 0 Å². The van der Waals surface area contributed by atoms with E-state index in [9.17, 15) is 0 Å². The maximum absolute atomic E-state index is 5.82. The maximum atomic E-state index is 5.82. The Bertz CT molecular complexity index is 276. The summed E-state index contributed by atoms with van der Waals surface area (Å²) in [6.45, 7) is 2.15. The molecule has 3 nitrogen and oxygen atoms in total. The van der Waals surface area contributed by atoms with Crippen LogP contribution in [-0.4, -0.2) is 17.0 Å². The normalized spacial score (nSPS) is 10.1. The van der Waals surface area contributed by atoms with Gasteiger partial charge >= 0.3 is 0 Å². The predicted molar refractivity (Wildman–Crippen MR) is 55.2 cm³/mol. The highest BCUT2D eigenvalue weighted by Crippen LogP contribution is 2.11. The van der Waals surface area contributed by atoms with E-state index >= 15 is 0 Å². The van der Waals surface area contributed by atoms with Crippen molar-refractivity contribution in [2.75, 3.05) is 12.4 Å². The summed E-state index contributed by atoms with van der Waals surface area (Å²) < 4.78 is 0. The molecule has 0 radical (unpaired) electrons. The van der Waals surface area contributed by atoms with E-state index < -0.39 is 0 Å². The number of halogens is 1. The molecule has 0 amide bonds. The van der Waals surface area contributed by atoms with Gasteiger partial charge in [-0.2, -0.15) is 0 Å². The van der Waals surface area contributed by atoms with Crippen LogP contribution < -0.4 is 5.32 Å². The molecule has 0 aliphatic heterocycles. The fraction of sp³-hybridized carbons (Fsp3) is 0.556. The maximum Gasteiger partial charge on any atom is 0.224 e. The number of aryl methyl sites for hydroxylation is 1. The minimum atomic E-state index is 0.505. The average molecular weight is 200 g/mol. The summed E-state index contributed by atoms with van der Waals surface area (Å²) in [4.78, 5) is 8.29. The minimum Gasteiger partial charge on any atom is -0.357 e. The van der Waals surface area contributed by atoms with Crippen molar-refractivity contribution in [2.45, 2.75) is 26.2 Å². The van der Waals surface area contributed by atoms with Crippen molar-refractivity contribution in [3.63, 3.8) is 0 Å². The summed E-state index contributed by atoms with van der Waals surface area (Å²) in [7, 11) is 1.79. The molecular weight excluding hydrogens is 186 g/mol. The molecule has 0 aliphatic carbocycles. The van der Waals surface area contributed by atoms with Gasteiger partial charge in [0.2, 0.25) is 5.95 Å². The van der Waals surface area contributed by atoms with Crippen molar-refractivity contribution in [3.8, 4) is 0 Å². The van der Waals surface area contributed by atoms with Crippen molar-refractivity contribution in [1.82, 2.24) is 9.97 Å². The Morgan fingerprint density at radius 2 is 2.23 bits per heavy atom. The van der Waals surface area contributed by atoms with Crippen LogP contribution in [0, 0.1) is 0 Å². The van der Waals surface area contributed by atoms with E-state index in [0.29, 0.717) is 11.1 Å². The van der Waals surface area contributed by atoms with Crippen LogP contribution in [0.4, 0.5) is 5.95 Å². The number of aromatic nitrogens is 2. The zero-order valence-electron chi connectivity index (χ0n) is 7.97. The quantitative estimate of drug-likeness (QED) is 0.758. The summed E-state index contributed by atoms with van der Waals surface area (Å²) in [5.74, 6) is 0.596. The number of unbranched alkanes of at least 4 members (excludes halogenated alkanes) is 1. The van der Waals surface area contributed by atoms with E-state index in [4.69, 9.17) is 11.6 Å². The molecule has 1 heterocycles. The number of nitrogens with zero attached hydrogens (tertiary/aromatic N) is 2. The van der Waals surface area contributed by atoms with Crippen molar-refractivity contribution < 1.29 is 0 Å². The van der Waals surface area contributed by atoms with Crippen LogP contribution in [-0.2, 0) is 6.42 Å². The first-order valence-corrected chi connectivity index (χ1v) is 4.85. The number of hydrogen-bond donors (Lipinski definition) is 1. The van der Waals surface area contributed by atoms with Crippen LogP contribution >= 0.6 is 11.6 Å². The van der Waals surface area contributed by atoms with Gasteiger partial charge in [-0.1, -0.05) is 24.9 Å². The van der Waals surface area contributed by atoms with E-state index in [-0.39, 0.29) is 0 Å². The molecule has 0 atom stereocenters. The Labute approximate surface area is 83.5 Å². The van der Waals surface area contributed by atoms with Crippen LogP contribution in [0.2, 0.25) is 5.15 Å². The molecule has 0 fully saturated rings. The Hall–Kier alpha value is -0.830. The van der Waals surface area contributed by atoms with Crippen LogP contribution in [0.25, 0.3) is 0 Å². The van der Waals surface area contributed by atoms with Gasteiger partial charge in [-0.05, 0) is 18.9 Å². The predicted octanol–water partition coefficient (Wildman–Crippen LogP) is 2.51. The standard InChI is InChI=1S/C9H14ClN3/c1-3-4-5-7-6-8(10)13-9(11-2)12-7/h6H,3-5H2,1-2H3,(H,11,12,13). The van der Waals surface area contributed by atoms with E-state index in [1.807, 2.05) is 6.07 Å². The molecule has 0 saturated heterocycles. The Morgan fingerprint density at radius 3 is 2.85 bits per heavy atom. The van der Waals surface area contributed by atoms with Crippen molar-refractivity contribution in [2.24, 2.45) is 0 Å². The van der Waals surface area contributed by atoms with Crippen LogP contribution in [0.3, 0.4) is 0 Å². The molecule has 1 aromatic rings.